The van der Waals surface area contributed by atoms with Crippen LogP contribution < -0.4 is 14.8 Å². The first-order valence-corrected chi connectivity index (χ1v) is 9.52. The molecule has 1 aliphatic carbocycles. The zero-order chi connectivity index (χ0) is 19.8. The minimum absolute atomic E-state index is 0.0209. The van der Waals surface area contributed by atoms with Crippen LogP contribution in [0.25, 0.3) is 0 Å². The molecule has 1 amide bonds. The average molecular weight is 381 g/mol. The van der Waals surface area contributed by atoms with E-state index in [0.717, 1.165) is 35.5 Å². The van der Waals surface area contributed by atoms with Crippen LogP contribution in [0.5, 0.6) is 11.5 Å². The van der Waals surface area contributed by atoms with Gasteiger partial charge in [-0.3, -0.25) is 4.79 Å². The van der Waals surface area contributed by atoms with Gasteiger partial charge in [-0.2, -0.15) is 0 Å². The lowest BCUT2D eigenvalue weighted by Crippen LogP contribution is -2.38. The molecule has 0 aromatic heterocycles. The smallest absolute Gasteiger partial charge is 0.217 e. The highest BCUT2D eigenvalue weighted by molar-refractivity contribution is 5.73. The van der Waals surface area contributed by atoms with Crippen molar-refractivity contribution in [3.8, 4) is 11.5 Å². The van der Waals surface area contributed by atoms with Gasteiger partial charge in [0.15, 0.2) is 6.79 Å². The van der Waals surface area contributed by atoms with Gasteiger partial charge >= 0.3 is 0 Å². The Morgan fingerprint density at radius 2 is 1.86 bits per heavy atom. The van der Waals surface area contributed by atoms with Crippen molar-refractivity contribution in [1.82, 2.24) is 5.32 Å². The molecule has 3 rings (SSSR count). The van der Waals surface area contributed by atoms with Gasteiger partial charge in [0, 0.05) is 32.1 Å². The molecule has 28 heavy (non-hydrogen) atoms. The molecule has 2 aromatic rings. The summed E-state index contributed by atoms with van der Waals surface area (Å²) >= 11 is 0. The Morgan fingerprint density at radius 3 is 2.61 bits per heavy atom. The summed E-state index contributed by atoms with van der Waals surface area (Å²) in [6.45, 7) is 2.20. The lowest BCUT2D eigenvalue weighted by molar-refractivity contribution is -0.119. The van der Waals surface area contributed by atoms with Crippen LogP contribution in [0.4, 0.5) is 0 Å². The van der Waals surface area contributed by atoms with Crippen molar-refractivity contribution in [1.29, 1.82) is 0 Å². The van der Waals surface area contributed by atoms with E-state index in [2.05, 4.69) is 17.5 Å². The number of rotatable bonds is 8. The van der Waals surface area contributed by atoms with Crippen molar-refractivity contribution in [2.24, 2.45) is 0 Å². The predicted molar refractivity (Wildman–Crippen MR) is 108 cm³/mol. The summed E-state index contributed by atoms with van der Waals surface area (Å²) in [7, 11) is 1.60. The summed E-state index contributed by atoms with van der Waals surface area (Å²) in [5, 5.41) is 3.07. The number of carbonyl (C=O) groups is 1. The van der Waals surface area contributed by atoms with E-state index < -0.39 is 0 Å². The maximum Gasteiger partial charge on any atom is 0.217 e. The molecule has 0 fully saturated rings. The Kier molecular flexibility index (Phi) is 7.09. The average Bonchev–Trinajstić information content (AvgIpc) is 2.72. The van der Waals surface area contributed by atoms with E-state index in [4.69, 9.17) is 14.2 Å². The SMILES string of the molecule is COCOc1cc(OCc2ccccc2)ccc1C1CC=CCC1NC(C)=O. The molecule has 2 unspecified atom stereocenters. The molecule has 0 bridgehead atoms. The van der Waals surface area contributed by atoms with Crippen LogP contribution in [0.3, 0.4) is 0 Å². The maximum absolute atomic E-state index is 11.6. The van der Waals surface area contributed by atoms with Crippen molar-refractivity contribution >= 4 is 5.91 Å². The maximum atomic E-state index is 11.6. The van der Waals surface area contributed by atoms with Gasteiger partial charge in [0.25, 0.3) is 0 Å². The summed E-state index contributed by atoms with van der Waals surface area (Å²) < 4.78 is 16.9. The van der Waals surface area contributed by atoms with Crippen molar-refractivity contribution in [2.45, 2.75) is 38.3 Å². The van der Waals surface area contributed by atoms with Crippen molar-refractivity contribution in [3.05, 3.63) is 71.8 Å². The number of carbonyl (C=O) groups excluding carboxylic acids is 1. The Bertz CT molecular complexity index is 804. The fraction of sp³-hybridized carbons (Fsp3) is 0.348. The third-order valence-corrected chi connectivity index (χ3v) is 4.79. The topological polar surface area (TPSA) is 56.8 Å². The normalized spacial score (nSPS) is 18.5. The number of hydrogen-bond acceptors (Lipinski definition) is 4. The second kappa shape index (κ2) is 9.95. The summed E-state index contributed by atoms with van der Waals surface area (Å²) in [6, 6.07) is 16.0. The Balaban J connectivity index is 1.81. The molecule has 2 atom stereocenters. The standard InChI is InChI=1S/C23H27NO4/c1-17(25)24-22-11-7-6-10-20(22)21-13-12-19(14-23(21)28-16-26-2)27-15-18-8-4-3-5-9-18/h3-9,12-14,20,22H,10-11,15-16H2,1-2H3,(H,24,25). The van der Waals surface area contributed by atoms with E-state index in [9.17, 15) is 4.79 Å². The quantitative estimate of drug-likeness (QED) is 0.550. The summed E-state index contributed by atoms with van der Waals surface area (Å²) in [6.07, 6.45) is 5.92. The first-order chi connectivity index (χ1) is 13.7. The second-order valence-electron chi connectivity index (χ2n) is 6.88. The molecule has 0 radical (unpaired) electrons. The Morgan fingerprint density at radius 1 is 1.07 bits per heavy atom. The van der Waals surface area contributed by atoms with Crippen molar-refractivity contribution in [2.75, 3.05) is 13.9 Å². The third-order valence-electron chi connectivity index (χ3n) is 4.79. The number of allylic oxidation sites excluding steroid dienone is 1. The number of hydrogen-bond donors (Lipinski definition) is 1. The monoisotopic (exact) mass is 381 g/mol. The molecule has 5 nitrogen and oxygen atoms in total. The predicted octanol–water partition coefficient (Wildman–Crippen LogP) is 4.19. The highest BCUT2D eigenvalue weighted by Crippen LogP contribution is 2.37. The fourth-order valence-corrected chi connectivity index (χ4v) is 3.48. The molecule has 5 heteroatoms. The molecule has 0 heterocycles. The summed E-state index contributed by atoms with van der Waals surface area (Å²) in [4.78, 5) is 11.6. The number of methoxy groups -OCH3 is 1. The van der Waals surface area contributed by atoms with Crippen molar-refractivity contribution in [3.63, 3.8) is 0 Å². The molecule has 148 valence electrons. The van der Waals surface area contributed by atoms with E-state index in [-0.39, 0.29) is 24.7 Å². The van der Waals surface area contributed by atoms with Gasteiger partial charge < -0.3 is 19.5 Å². The summed E-state index contributed by atoms with van der Waals surface area (Å²) in [5.74, 6) is 1.58. The van der Waals surface area contributed by atoms with Crippen LogP contribution in [0.1, 0.15) is 36.8 Å². The number of benzene rings is 2. The highest BCUT2D eigenvalue weighted by Gasteiger charge is 2.27. The van der Waals surface area contributed by atoms with Crippen LogP contribution in [0.2, 0.25) is 0 Å². The minimum Gasteiger partial charge on any atom is -0.489 e. The molecule has 0 saturated carbocycles. The van der Waals surface area contributed by atoms with Crippen LogP contribution >= 0.6 is 0 Å². The number of amides is 1. The molecule has 0 aliphatic heterocycles. The molecule has 1 aliphatic rings. The lowest BCUT2D eigenvalue weighted by Gasteiger charge is -2.30. The molecular formula is C23H27NO4. The van der Waals surface area contributed by atoms with E-state index in [1.807, 2.05) is 48.5 Å². The lowest BCUT2D eigenvalue weighted by atomic mass is 9.83. The van der Waals surface area contributed by atoms with Crippen LogP contribution in [-0.4, -0.2) is 25.9 Å². The number of nitrogens with one attached hydrogen (secondary N) is 1. The first-order valence-electron chi connectivity index (χ1n) is 9.52. The highest BCUT2D eigenvalue weighted by atomic mass is 16.7. The molecule has 1 N–H and O–H groups in total. The zero-order valence-electron chi connectivity index (χ0n) is 16.4. The van der Waals surface area contributed by atoms with Gasteiger partial charge in [0.2, 0.25) is 5.91 Å². The van der Waals surface area contributed by atoms with Crippen LogP contribution in [-0.2, 0) is 16.1 Å². The van der Waals surface area contributed by atoms with Crippen molar-refractivity contribution < 1.29 is 19.0 Å². The number of ether oxygens (including phenoxy) is 3. The van der Waals surface area contributed by atoms with Gasteiger partial charge in [0.05, 0.1) is 0 Å². The largest absolute Gasteiger partial charge is 0.489 e. The molecular weight excluding hydrogens is 354 g/mol. The van der Waals surface area contributed by atoms with E-state index >= 15 is 0 Å². The third kappa shape index (κ3) is 5.36. The van der Waals surface area contributed by atoms with Crippen LogP contribution in [0.15, 0.2) is 60.7 Å². The molecule has 2 aromatic carbocycles. The van der Waals surface area contributed by atoms with Gasteiger partial charge in [-0.15, -0.1) is 0 Å². The minimum atomic E-state index is -0.0209. The van der Waals surface area contributed by atoms with E-state index in [1.54, 1.807) is 14.0 Å². The Labute approximate surface area is 166 Å². The van der Waals surface area contributed by atoms with E-state index in [1.165, 1.54) is 0 Å². The second-order valence-corrected chi connectivity index (χ2v) is 6.88. The van der Waals surface area contributed by atoms with Crippen LogP contribution in [0, 0.1) is 0 Å². The Hall–Kier alpha value is -2.79. The van der Waals surface area contributed by atoms with Gasteiger partial charge in [-0.1, -0.05) is 48.6 Å². The van der Waals surface area contributed by atoms with Gasteiger partial charge in [-0.05, 0) is 30.0 Å². The molecule has 0 saturated heterocycles. The summed E-state index contributed by atoms with van der Waals surface area (Å²) in [5.41, 5.74) is 2.15. The molecule has 0 spiro atoms. The van der Waals surface area contributed by atoms with E-state index in [0.29, 0.717) is 6.61 Å². The van der Waals surface area contributed by atoms with Gasteiger partial charge in [0.1, 0.15) is 18.1 Å². The zero-order valence-corrected chi connectivity index (χ0v) is 16.4. The first kappa shape index (κ1) is 20.0. The van der Waals surface area contributed by atoms with Gasteiger partial charge in [-0.25, -0.2) is 0 Å². The fourth-order valence-electron chi connectivity index (χ4n) is 3.48.